The van der Waals surface area contributed by atoms with Gasteiger partial charge in [0.2, 0.25) is 0 Å². The third-order valence-electron chi connectivity index (χ3n) is 3.45. The molecule has 2 aromatic rings. The molecule has 0 fully saturated rings. The Labute approximate surface area is 114 Å². The van der Waals surface area contributed by atoms with Gasteiger partial charge in [0.25, 0.3) is 0 Å². The number of imidazole rings is 1. The summed E-state index contributed by atoms with van der Waals surface area (Å²) in [5, 5.41) is 13.3. The van der Waals surface area contributed by atoms with Crippen molar-refractivity contribution in [1.82, 2.24) is 14.9 Å². The molecule has 0 saturated carbocycles. The van der Waals surface area contributed by atoms with E-state index in [-0.39, 0.29) is 6.10 Å². The van der Waals surface area contributed by atoms with Crippen LogP contribution in [-0.4, -0.2) is 33.9 Å². The molecular weight excluding hydrogens is 238 g/mol. The van der Waals surface area contributed by atoms with Gasteiger partial charge in [-0.1, -0.05) is 6.92 Å². The summed E-state index contributed by atoms with van der Waals surface area (Å²) in [5.41, 5.74) is 4.60. The maximum absolute atomic E-state index is 10.0. The third kappa shape index (κ3) is 3.33. The molecule has 1 aromatic carbocycles. The van der Waals surface area contributed by atoms with E-state index in [4.69, 9.17) is 0 Å². The van der Waals surface area contributed by atoms with E-state index in [9.17, 15) is 5.11 Å². The van der Waals surface area contributed by atoms with E-state index in [1.165, 1.54) is 11.1 Å². The Balaban J connectivity index is 2.10. The van der Waals surface area contributed by atoms with Crippen LogP contribution in [0.15, 0.2) is 18.5 Å². The summed E-state index contributed by atoms with van der Waals surface area (Å²) in [7, 11) is 0. The second-order valence-electron chi connectivity index (χ2n) is 5.18. The molecule has 0 bridgehead atoms. The predicted octanol–water partition coefficient (Wildman–Crippen LogP) is 2.01. The average molecular weight is 261 g/mol. The molecular formula is C15H23N3O. The van der Waals surface area contributed by atoms with Gasteiger partial charge in [-0.25, -0.2) is 4.98 Å². The zero-order chi connectivity index (χ0) is 13.8. The second-order valence-corrected chi connectivity index (χ2v) is 5.18. The Hall–Kier alpha value is -1.39. The monoisotopic (exact) mass is 261 g/mol. The molecule has 104 valence electrons. The van der Waals surface area contributed by atoms with Gasteiger partial charge in [-0.3, -0.25) is 0 Å². The predicted molar refractivity (Wildman–Crippen MR) is 78.4 cm³/mol. The molecule has 0 aliphatic heterocycles. The van der Waals surface area contributed by atoms with Crippen LogP contribution >= 0.6 is 0 Å². The lowest BCUT2D eigenvalue weighted by molar-refractivity contribution is 0.153. The molecule has 1 unspecified atom stereocenters. The number of rotatable bonds is 6. The summed E-state index contributed by atoms with van der Waals surface area (Å²) >= 11 is 0. The van der Waals surface area contributed by atoms with Gasteiger partial charge in [0.05, 0.1) is 30.0 Å². The molecule has 4 nitrogen and oxygen atoms in total. The Bertz CT molecular complexity index is 548. The van der Waals surface area contributed by atoms with Crippen molar-refractivity contribution in [1.29, 1.82) is 0 Å². The van der Waals surface area contributed by atoms with Crippen molar-refractivity contribution >= 4 is 11.0 Å². The molecule has 0 radical (unpaired) electrons. The maximum Gasteiger partial charge on any atom is 0.0959 e. The van der Waals surface area contributed by atoms with E-state index in [0.29, 0.717) is 13.1 Å². The lowest BCUT2D eigenvalue weighted by Crippen LogP contribution is -2.30. The quantitative estimate of drug-likeness (QED) is 0.782. The smallest absolute Gasteiger partial charge is 0.0959 e. The highest BCUT2D eigenvalue weighted by Crippen LogP contribution is 2.18. The maximum atomic E-state index is 10.0. The highest BCUT2D eigenvalue weighted by molar-refractivity contribution is 5.77. The van der Waals surface area contributed by atoms with Crippen LogP contribution in [0.5, 0.6) is 0 Å². The molecule has 1 aromatic heterocycles. The number of hydrogen-bond donors (Lipinski definition) is 2. The minimum Gasteiger partial charge on any atom is -0.390 e. The second kappa shape index (κ2) is 6.17. The largest absolute Gasteiger partial charge is 0.390 e. The van der Waals surface area contributed by atoms with Gasteiger partial charge in [-0.2, -0.15) is 0 Å². The van der Waals surface area contributed by atoms with Gasteiger partial charge in [0.15, 0.2) is 0 Å². The Morgan fingerprint density at radius 3 is 2.79 bits per heavy atom. The normalized spacial score (nSPS) is 13.1. The van der Waals surface area contributed by atoms with E-state index < -0.39 is 0 Å². The fraction of sp³-hybridized carbons (Fsp3) is 0.533. The molecule has 0 amide bonds. The molecule has 4 heteroatoms. The summed E-state index contributed by atoms with van der Waals surface area (Å²) in [6.45, 7) is 8.46. The number of aromatic nitrogens is 2. The number of hydrogen-bond acceptors (Lipinski definition) is 3. The number of aliphatic hydroxyl groups excluding tert-OH is 1. The van der Waals surface area contributed by atoms with Gasteiger partial charge < -0.3 is 15.0 Å². The lowest BCUT2D eigenvalue weighted by Gasteiger charge is -2.13. The molecule has 0 aliphatic rings. The minimum absolute atomic E-state index is 0.384. The Morgan fingerprint density at radius 1 is 1.32 bits per heavy atom. The fourth-order valence-electron chi connectivity index (χ4n) is 2.20. The summed E-state index contributed by atoms with van der Waals surface area (Å²) < 4.78 is 2.03. The first-order chi connectivity index (χ1) is 9.11. The van der Waals surface area contributed by atoms with Crippen LogP contribution in [0.25, 0.3) is 11.0 Å². The van der Waals surface area contributed by atoms with Crippen molar-refractivity contribution < 1.29 is 5.11 Å². The van der Waals surface area contributed by atoms with Crippen molar-refractivity contribution in [2.75, 3.05) is 13.1 Å². The average Bonchev–Trinajstić information content (AvgIpc) is 2.73. The summed E-state index contributed by atoms with van der Waals surface area (Å²) in [4.78, 5) is 4.40. The first-order valence-corrected chi connectivity index (χ1v) is 6.92. The van der Waals surface area contributed by atoms with Crippen LogP contribution in [-0.2, 0) is 6.54 Å². The zero-order valence-corrected chi connectivity index (χ0v) is 12.0. The Kier molecular flexibility index (Phi) is 4.56. The molecule has 19 heavy (non-hydrogen) atoms. The lowest BCUT2D eigenvalue weighted by atomic mass is 10.1. The van der Waals surface area contributed by atoms with Crippen LogP contribution in [0.1, 0.15) is 24.5 Å². The first kappa shape index (κ1) is 14.0. The van der Waals surface area contributed by atoms with Gasteiger partial charge in [0, 0.05) is 6.54 Å². The highest BCUT2D eigenvalue weighted by Gasteiger charge is 2.09. The SMILES string of the molecule is CCCNCC(O)Cn1cnc2cc(C)c(C)cc21. The van der Waals surface area contributed by atoms with E-state index in [0.717, 1.165) is 24.0 Å². The van der Waals surface area contributed by atoms with E-state index in [1.807, 2.05) is 10.9 Å². The number of aryl methyl sites for hydroxylation is 2. The van der Waals surface area contributed by atoms with Gasteiger partial charge in [-0.15, -0.1) is 0 Å². The number of nitrogens with one attached hydrogen (secondary N) is 1. The van der Waals surface area contributed by atoms with Crippen LogP contribution in [0.4, 0.5) is 0 Å². The number of benzene rings is 1. The fourth-order valence-corrected chi connectivity index (χ4v) is 2.20. The number of aliphatic hydroxyl groups is 1. The van der Waals surface area contributed by atoms with E-state index in [2.05, 4.69) is 43.2 Å². The van der Waals surface area contributed by atoms with Crippen LogP contribution < -0.4 is 5.32 Å². The molecule has 0 aliphatic carbocycles. The number of fused-ring (bicyclic) bond motifs is 1. The van der Waals surface area contributed by atoms with Crippen LogP contribution in [0.3, 0.4) is 0 Å². The van der Waals surface area contributed by atoms with Crippen molar-refractivity contribution in [3.05, 3.63) is 29.6 Å². The first-order valence-electron chi connectivity index (χ1n) is 6.92. The highest BCUT2D eigenvalue weighted by atomic mass is 16.3. The molecule has 2 N–H and O–H groups in total. The van der Waals surface area contributed by atoms with Gasteiger partial charge in [-0.05, 0) is 50.1 Å². The summed E-state index contributed by atoms with van der Waals surface area (Å²) in [6, 6.07) is 4.24. The van der Waals surface area contributed by atoms with Gasteiger partial charge in [0.1, 0.15) is 0 Å². The zero-order valence-electron chi connectivity index (χ0n) is 12.0. The van der Waals surface area contributed by atoms with E-state index >= 15 is 0 Å². The van der Waals surface area contributed by atoms with Crippen molar-refractivity contribution in [3.63, 3.8) is 0 Å². The number of nitrogens with zero attached hydrogens (tertiary/aromatic N) is 2. The standard InChI is InChI=1S/C15H23N3O/c1-4-5-16-8-13(19)9-18-10-17-14-6-11(2)12(3)7-15(14)18/h6-7,10,13,16,19H,4-5,8-9H2,1-3H3. The Morgan fingerprint density at radius 2 is 2.05 bits per heavy atom. The molecule has 2 rings (SSSR count). The third-order valence-corrected chi connectivity index (χ3v) is 3.45. The van der Waals surface area contributed by atoms with E-state index in [1.54, 1.807) is 0 Å². The summed E-state index contributed by atoms with van der Waals surface area (Å²) in [6.07, 6.45) is 2.51. The topological polar surface area (TPSA) is 50.1 Å². The molecule has 1 atom stereocenters. The van der Waals surface area contributed by atoms with Crippen molar-refractivity contribution in [2.24, 2.45) is 0 Å². The minimum atomic E-state index is -0.384. The van der Waals surface area contributed by atoms with Crippen molar-refractivity contribution in [2.45, 2.75) is 39.8 Å². The van der Waals surface area contributed by atoms with Crippen LogP contribution in [0.2, 0.25) is 0 Å². The molecule has 1 heterocycles. The molecule has 0 saturated heterocycles. The van der Waals surface area contributed by atoms with Gasteiger partial charge >= 0.3 is 0 Å². The molecule has 0 spiro atoms. The summed E-state index contributed by atoms with van der Waals surface area (Å²) in [5.74, 6) is 0. The van der Waals surface area contributed by atoms with Crippen molar-refractivity contribution in [3.8, 4) is 0 Å². The van der Waals surface area contributed by atoms with Crippen LogP contribution in [0, 0.1) is 13.8 Å².